The van der Waals surface area contributed by atoms with Gasteiger partial charge in [0.2, 0.25) is 0 Å². The molecule has 0 fully saturated rings. The van der Waals surface area contributed by atoms with E-state index < -0.39 is 0 Å². The Morgan fingerprint density at radius 3 is 2.50 bits per heavy atom. The second-order valence-electron chi connectivity index (χ2n) is 1.26. The fraction of sp³-hybridized carbons (Fsp3) is 0.500. The molecule has 1 radical (unpaired) electrons. The van der Waals surface area contributed by atoms with Gasteiger partial charge in [-0.1, -0.05) is 25.5 Å². The Balaban J connectivity index is 2.66. The van der Waals surface area contributed by atoms with E-state index in [4.69, 9.17) is 0 Å². The van der Waals surface area contributed by atoms with Crippen molar-refractivity contribution >= 4 is 0 Å². The Labute approximate surface area is 39.9 Å². The third kappa shape index (κ3) is 3.74. The summed E-state index contributed by atoms with van der Waals surface area (Å²) in [4.78, 5) is 0. The van der Waals surface area contributed by atoms with Crippen LogP contribution in [0.5, 0.6) is 0 Å². The van der Waals surface area contributed by atoms with Crippen LogP contribution in [0.2, 0.25) is 0 Å². The predicted octanol–water partition coefficient (Wildman–Crippen LogP) is 2.18. The van der Waals surface area contributed by atoms with Gasteiger partial charge in [-0.3, -0.25) is 0 Å². The first-order valence-electron chi connectivity index (χ1n) is 2.36. The standard InChI is InChI=1S/C6H11/c1-3-5-6-4-2/h3,5H,1,4,6H2,2H3/b5-3+. The zero-order valence-electron chi connectivity index (χ0n) is 4.28. The molecule has 0 aromatic heterocycles. The zero-order valence-corrected chi connectivity index (χ0v) is 4.28. The first-order chi connectivity index (χ1) is 2.91. The molecule has 0 rings (SSSR count). The largest absolute Gasteiger partial charge is 0.0885 e. The highest BCUT2D eigenvalue weighted by Gasteiger charge is 1.64. The number of unbranched alkanes of at least 4 members (excludes halogenated alkanes) is 1. The van der Waals surface area contributed by atoms with Gasteiger partial charge in [-0.2, -0.15) is 0 Å². The number of hydrogen-bond acceptors (Lipinski definition) is 0. The molecule has 0 aliphatic carbocycles. The van der Waals surface area contributed by atoms with E-state index in [1.807, 2.05) is 6.08 Å². The summed E-state index contributed by atoms with van der Waals surface area (Å²) in [6.07, 6.45) is 6.30. The lowest BCUT2D eigenvalue weighted by atomic mass is 10.3. The molecule has 0 heterocycles. The van der Waals surface area contributed by atoms with Crippen molar-refractivity contribution in [2.24, 2.45) is 0 Å². The summed E-state index contributed by atoms with van der Waals surface area (Å²) in [5.74, 6) is 0. The van der Waals surface area contributed by atoms with E-state index in [1.165, 1.54) is 12.8 Å². The lowest BCUT2D eigenvalue weighted by Crippen LogP contribution is -1.55. The maximum Gasteiger partial charge on any atom is -0.0316 e. The van der Waals surface area contributed by atoms with Crippen molar-refractivity contribution in [3.8, 4) is 0 Å². The summed E-state index contributed by atoms with van der Waals surface area (Å²) in [6.45, 7) is 5.70. The smallest absolute Gasteiger partial charge is 0.0316 e. The Bertz CT molecular complexity index is 35.3. The minimum atomic E-state index is 1.17. The molecule has 0 aliphatic heterocycles. The fourth-order valence-corrected chi connectivity index (χ4v) is 0.285. The van der Waals surface area contributed by atoms with Crippen molar-refractivity contribution in [2.45, 2.75) is 19.8 Å². The van der Waals surface area contributed by atoms with Gasteiger partial charge in [0.1, 0.15) is 0 Å². The summed E-state index contributed by atoms with van der Waals surface area (Å²) >= 11 is 0. The molecule has 6 heavy (non-hydrogen) atoms. The molecule has 0 saturated carbocycles. The lowest BCUT2D eigenvalue weighted by Gasteiger charge is -1.76. The molecule has 0 atom stereocenters. The van der Waals surface area contributed by atoms with Gasteiger partial charge in [0.25, 0.3) is 0 Å². The zero-order chi connectivity index (χ0) is 4.83. The molecule has 0 bridgehead atoms. The Kier molecular flexibility index (Phi) is 4.53. The quantitative estimate of drug-likeness (QED) is 0.480. The first kappa shape index (κ1) is 5.74. The van der Waals surface area contributed by atoms with Gasteiger partial charge in [-0.05, 0) is 13.3 Å². The highest BCUT2D eigenvalue weighted by molar-refractivity contribution is 4.82. The molecule has 0 aromatic rings. The second-order valence-corrected chi connectivity index (χ2v) is 1.26. The molecular weight excluding hydrogens is 72.1 g/mol. The van der Waals surface area contributed by atoms with Gasteiger partial charge < -0.3 is 0 Å². The SMILES string of the molecule is [CH2]/C=C/CCC. The maximum absolute atomic E-state index is 3.54. The van der Waals surface area contributed by atoms with Crippen LogP contribution in [0.15, 0.2) is 12.2 Å². The molecule has 0 heteroatoms. The van der Waals surface area contributed by atoms with Crippen LogP contribution in [0.25, 0.3) is 0 Å². The van der Waals surface area contributed by atoms with Gasteiger partial charge in [-0.15, -0.1) is 0 Å². The summed E-state index contributed by atoms with van der Waals surface area (Å²) < 4.78 is 0. The lowest BCUT2D eigenvalue weighted by molar-refractivity contribution is 0.959. The average Bonchev–Trinajstić information content (AvgIpc) is 1.61. The molecular formula is C6H11. The molecule has 0 aliphatic rings. The highest BCUT2D eigenvalue weighted by atomic mass is 13.7. The van der Waals surface area contributed by atoms with Crippen molar-refractivity contribution in [2.75, 3.05) is 0 Å². The minimum Gasteiger partial charge on any atom is -0.0885 e. The number of hydrogen-bond donors (Lipinski definition) is 0. The molecule has 0 aromatic carbocycles. The van der Waals surface area contributed by atoms with Crippen LogP contribution in [0.3, 0.4) is 0 Å². The summed E-state index contributed by atoms with van der Waals surface area (Å²) in [7, 11) is 0. The Hall–Kier alpha value is -0.260. The summed E-state index contributed by atoms with van der Waals surface area (Å²) in [5.41, 5.74) is 0. The molecule has 0 spiro atoms. The van der Waals surface area contributed by atoms with Gasteiger partial charge in [-0.25, -0.2) is 0 Å². The van der Waals surface area contributed by atoms with Gasteiger partial charge in [0.05, 0.1) is 0 Å². The van der Waals surface area contributed by atoms with Gasteiger partial charge in [0, 0.05) is 0 Å². The van der Waals surface area contributed by atoms with Gasteiger partial charge in [0.15, 0.2) is 0 Å². The van der Waals surface area contributed by atoms with Crippen LogP contribution >= 0.6 is 0 Å². The third-order valence-electron chi connectivity index (χ3n) is 0.622. The van der Waals surface area contributed by atoms with Crippen LogP contribution in [0, 0.1) is 6.92 Å². The Morgan fingerprint density at radius 2 is 2.33 bits per heavy atom. The highest BCUT2D eigenvalue weighted by Crippen LogP contribution is 1.85. The van der Waals surface area contributed by atoms with Crippen molar-refractivity contribution < 1.29 is 0 Å². The second kappa shape index (κ2) is 4.74. The van der Waals surface area contributed by atoms with Crippen LogP contribution in [-0.4, -0.2) is 0 Å². The fourth-order valence-electron chi connectivity index (χ4n) is 0.285. The van der Waals surface area contributed by atoms with Crippen LogP contribution in [0.4, 0.5) is 0 Å². The number of allylic oxidation sites excluding steroid dienone is 2. The monoisotopic (exact) mass is 83.1 g/mol. The van der Waals surface area contributed by atoms with E-state index in [2.05, 4.69) is 19.9 Å². The Morgan fingerprint density at radius 1 is 1.67 bits per heavy atom. The van der Waals surface area contributed by atoms with E-state index in [9.17, 15) is 0 Å². The molecule has 0 unspecified atom stereocenters. The third-order valence-corrected chi connectivity index (χ3v) is 0.622. The summed E-state index contributed by atoms with van der Waals surface area (Å²) in [5, 5.41) is 0. The molecule has 0 saturated heterocycles. The minimum absolute atomic E-state index is 1.17. The molecule has 0 amide bonds. The normalized spacial score (nSPS) is 10.3. The van der Waals surface area contributed by atoms with Crippen molar-refractivity contribution in [1.29, 1.82) is 0 Å². The molecule has 35 valence electrons. The first-order valence-corrected chi connectivity index (χ1v) is 2.36. The van der Waals surface area contributed by atoms with Crippen molar-refractivity contribution in [3.63, 3.8) is 0 Å². The van der Waals surface area contributed by atoms with E-state index >= 15 is 0 Å². The molecule has 0 nitrogen and oxygen atoms in total. The summed E-state index contributed by atoms with van der Waals surface area (Å²) in [6, 6.07) is 0. The van der Waals surface area contributed by atoms with Crippen LogP contribution < -0.4 is 0 Å². The van der Waals surface area contributed by atoms with E-state index in [-0.39, 0.29) is 0 Å². The van der Waals surface area contributed by atoms with E-state index in [0.29, 0.717) is 0 Å². The van der Waals surface area contributed by atoms with Crippen molar-refractivity contribution in [3.05, 3.63) is 19.1 Å². The van der Waals surface area contributed by atoms with Crippen LogP contribution in [-0.2, 0) is 0 Å². The van der Waals surface area contributed by atoms with Crippen LogP contribution in [0.1, 0.15) is 19.8 Å². The molecule has 0 N–H and O–H groups in total. The number of rotatable bonds is 2. The topological polar surface area (TPSA) is 0 Å². The van der Waals surface area contributed by atoms with E-state index in [0.717, 1.165) is 0 Å². The maximum atomic E-state index is 3.54. The average molecular weight is 83.2 g/mol. The predicted molar refractivity (Wildman–Crippen MR) is 29.4 cm³/mol. The van der Waals surface area contributed by atoms with Gasteiger partial charge >= 0.3 is 0 Å². The van der Waals surface area contributed by atoms with Crippen molar-refractivity contribution in [1.82, 2.24) is 0 Å². The van der Waals surface area contributed by atoms with E-state index in [1.54, 1.807) is 0 Å².